The van der Waals surface area contributed by atoms with Crippen molar-refractivity contribution in [1.82, 2.24) is 0 Å². The fourth-order valence-corrected chi connectivity index (χ4v) is 3.36. The Hall–Kier alpha value is -1.79. The van der Waals surface area contributed by atoms with Gasteiger partial charge in [0.05, 0.1) is 0 Å². The van der Waals surface area contributed by atoms with E-state index in [0.29, 0.717) is 5.69 Å². The minimum Gasteiger partial charge on any atom is -0.462 e. The molecule has 1 heterocycles. The molecule has 2 N–H and O–H groups in total. The molecule has 0 amide bonds. The zero-order valence-corrected chi connectivity index (χ0v) is 12.4. The van der Waals surface area contributed by atoms with E-state index in [0.717, 1.165) is 11.1 Å². The van der Waals surface area contributed by atoms with Crippen LogP contribution in [0.25, 0.3) is 0 Å². The predicted molar refractivity (Wildman–Crippen MR) is 76.1 cm³/mol. The van der Waals surface area contributed by atoms with Crippen LogP contribution in [0.3, 0.4) is 0 Å². The molecule has 0 aliphatic carbocycles. The Kier molecular flexibility index (Phi) is 3.87. The van der Waals surface area contributed by atoms with Crippen molar-refractivity contribution in [2.24, 2.45) is 0 Å². The summed E-state index contributed by atoms with van der Waals surface area (Å²) in [5, 5.41) is 8.99. The van der Waals surface area contributed by atoms with Crippen molar-refractivity contribution in [3.8, 4) is 0 Å². The molecule has 0 bridgehead atoms. The third kappa shape index (κ3) is 3.02. The summed E-state index contributed by atoms with van der Waals surface area (Å²) in [4.78, 5) is 0.0423. The average molecular weight is 295 g/mol. The molecule has 2 aromatic rings. The standard InChI is InChI=1S/C14H17NO4S/c1-9-4-10(2)6-12(5-9)15-20(17,18)14-7-13(8-16)19-11(14)3/h4-7,15-16H,8H2,1-3H3. The zero-order chi connectivity index (χ0) is 14.9. The van der Waals surface area contributed by atoms with E-state index < -0.39 is 10.0 Å². The number of benzene rings is 1. The zero-order valence-electron chi connectivity index (χ0n) is 11.6. The van der Waals surface area contributed by atoms with Crippen molar-refractivity contribution >= 4 is 15.7 Å². The van der Waals surface area contributed by atoms with Crippen LogP contribution in [-0.2, 0) is 16.6 Å². The van der Waals surface area contributed by atoms with E-state index in [9.17, 15) is 8.42 Å². The first kappa shape index (κ1) is 14.6. The molecule has 0 aliphatic rings. The fourth-order valence-electron chi connectivity index (χ4n) is 2.11. The Morgan fingerprint density at radius 3 is 2.20 bits per heavy atom. The minimum absolute atomic E-state index is 0.0423. The van der Waals surface area contributed by atoms with Gasteiger partial charge in [0.2, 0.25) is 0 Å². The Balaban J connectivity index is 2.37. The number of aliphatic hydroxyl groups excluding tert-OH is 1. The largest absolute Gasteiger partial charge is 0.462 e. The van der Waals surface area contributed by atoms with Crippen LogP contribution in [0.2, 0.25) is 0 Å². The molecule has 5 nitrogen and oxygen atoms in total. The van der Waals surface area contributed by atoms with Crippen LogP contribution in [0.15, 0.2) is 33.6 Å². The van der Waals surface area contributed by atoms with Crippen molar-refractivity contribution < 1.29 is 17.9 Å². The van der Waals surface area contributed by atoms with Crippen LogP contribution in [0.4, 0.5) is 5.69 Å². The molecule has 2 rings (SSSR count). The smallest absolute Gasteiger partial charge is 0.265 e. The van der Waals surface area contributed by atoms with E-state index >= 15 is 0 Å². The predicted octanol–water partition coefficient (Wildman–Crippen LogP) is 2.50. The number of hydrogen-bond donors (Lipinski definition) is 2. The molecule has 0 unspecified atom stereocenters. The molecule has 0 spiro atoms. The maximum absolute atomic E-state index is 12.3. The molecule has 108 valence electrons. The summed E-state index contributed by atoms with van der Waals surface area (Å²) in [5.41, 5.74) is 2.46. The highest BCUT2D eigenvalue weighted by Crippen LogP contribution is 2.24. The first-order valence-corrected chi connectivity index (χ1v) is 7.61. The van der Waals surface area contributed by atoms with E-state index in [1.807, 2.05) is 19.9 Å². The van der Waals surface area contributed by atoms with Gasteiger partial charge in [-0.3, -0.25) is 4.72 Å². The minimum atomic E-state index is -3.72. The molecule has 0 radical (unpaired) electrons. The molecule has 0 fully saturated rings. The summed E-state index contributed by atoms with van der Waals surface area (Å²) in [6.45, 7) is 5.02. The second kappa shape index (κ2) is 5.30. The summed E-state index contributed by atoms with van der Waals surface area (Å²) >= 11 is 0. The van der Waals surface area contributed by atoms with Crippen molar-refractivity contribution in [3.05, 3.63) is 46.9 Å². The quantitative estimate of drug-likeness (QED) is 0.908. The third-order valence-electron chi connectivity index (χ3n) is 2.84. The van der Waals surface area contributed by atoms with Crippen molar-refractivity contribution in [1.29, 1.82) is 0 Å². The first-order chi connectivity index (χ1) is 9.31. The van der Waals surface area contributed by atoms with Gasteiger partial charge in [0.25, 0.3) is 10.0 Å². The average Bonchev–Trinajstić information content (AvgIpc) is 2.69. The normalized spacial score (nSPS) is 11.6. The number of nitrogens with one attached hydrogen (secondary N) is 1. The molecule has 20 heavy (non-hydrogen) atoms. The Bertz CT molecular complexity index is 711. The summed E-state index contributed by atoms with van der Waals surface area (Å²) in [5.74, 6) is 0.481. The van der Waals surface area contributed by atoms with E-state index in [1.165, 1.54) is 6.07 Å². The van der Waals surface area contributed by atoms with Crippen LogP contribution >= 0.6 is 0 Å². The molecule has 0 atom stereocenters. The van der Waals surface area contributed by atoms with Gasteiger partial charge >= 0.3 is 0 Å². The topological polar surface area (TPSA) is 79.5 Å². The SMILES string of the molecule is Cc1cc(C)cc(NS(=O)(=O)c2cc(CO)oc2C)c1. The lowest BCUT2D eigenvalue weighted by atomic mass is 10.1. The number of aryl methyl sites for hydroxylation is 3. The van der Waals surface area contributed by atoms with Gasteiger partial charge in [-0.05, 0) is 44.0 Å². The van der Waals surface area contributed by atoms with Gasteiger partial charge in [-0.2, -0.15) is 0 Å². The second-order valence-electron chi connectivity index (χ2n) is 4.77. The molecule has 1 aromatic heterocycles. The number of sulfonamides is 1. The van der Waals surface area contributed by atoms with E-state index in [1.54, 1.807) is 19.1 Å². The van der Waals surface area contributed by atoms with Gasteiger partial charge in [-0.1, -0.05) is 6.07 Å². The highest BCUT2D eigenvalue weighted by molar-refractivity contribution is 7.92. The lowest BCUT2D eigenvalue weighted by Crippen LogP contribution is -2.13. The molecule has 0 saturated carbocycles. The summed E-state index contributed by atoms with van der Waals surface area (Å²) in [6, 6.07) is 6.81. The van der Waals surface area contributed by atoms with Crippen LogP contribution < -0.4 is 4.72 Å². The Morgan fingerprint density at radius 1 is 1.10 bits per heavy atom. The van der Waals surface area contributed by atoms with Crippen LogP contribution in [0.1, 0.15) is 22.6 Å². The van der Waals surface area contributed by atoms with Gasteiger partial charge < -0.3 is 9.52 Å². The maximum Gasteiger partial charge on any atom is 0.265 e. The summed E-state index contributed by atoms with van der Waals surface area (Å²) in [6.07, 6.45) is 0. The highest BCUT2D eigenvalue weighted by Gasteiger charge is 2.21. The monoisotopic (exact) mass is 295 g/mol. The van der Waals surface area contributed by atoms with Crippen LogP contribution in [0, 0.1) is 20.8 Å². The van der Waals surface area contributed by atoms with Gasteiger partial charge in [-0.25, -0.2) is 8.42 Å². The highest BCUT2D eigenvalue weighted by atomic mass is 32.2. The van der Waals surface area contributed by atoms with Gasteiger partial charge in [0.15, 0.2) is 0 Å². The molecular formula is C14H17NO4S. The van der Waals surface area contributed by atoms with E-state index in [2.05, 4.69) is 4.72 Å². The maximum atomic E-state index is 12.3. The van der Waals surface area contributed by atoms with Crippen molar-refractivity contribution in [2.45, 2.75) is 32.3 Å². The summed E-state index contributed by atoms with van der Waals surface area (Å²) < 4.78 is 32.3. The first-order valence-electron chi connectivity index (χ1n) is 6.13. The lowest BCUT2D eigenvalue weighted by Gasteiger charge is -2.09. The van der Waals surface area contributed by atoms with E-state index in [-0.39, 0.29) is 23.0 Å². The van der Waals surface area contributed by atoms with Crippen molar-refractivity contribution in [2.75, 3.05) is 4.72 Å². The van der Waals surface area contributed by atoms with Crippen LogP contribution in [-0.4, -0.2) is 13.5 Å². The summed E-state index contributed by atoms with van der Waals surface area (Å²) in [7, 11) is -3.72. The molecule has 6 heteroatoms. The van der Waals surface area contributed by atoms with Crippen molar-refractivity contribution in [3.63, 3.8) is 0 Å². The number of furan rings is 1. The number of aliphatic hydroxyl groups is 1. The Morgan fingerprint density at radius 2 is 1.70 bits per heavy atom. The third-order valence-corrected chi connectivity index (χ3v) is 4.33. The molecule has 1 aromatic carbocycles. The lowest BCUT2D eigenvalue weighted by molar-refractivity contribution is 0.245. The number of rotatable bonds is 4. The molecule has 0 saturated heterocycles. The van der Waals surface area contributed by atoms with Gasteiger partial charge in [0.1, 0.15) is 23.0 Å². The number of hydrogen-bond acceptors (Lipinski definition) is 4. The van der Waals surface area contributed by atoms with Crippen LogP contribution in [0.5, 0.6) is 0 Å². The Labute approximate surface area is 118 Å². The van der Waals surface area contributed by atoms with Gasteiger partial charge in [0, 0.05) is 11.8 Å². The number of anilines is 1. The second-order valence-corrected chi connectivity index (χ2v) is 6.42. The van der Waals surface area contributed by atoms with E-state index in [4.69, 9.17) is 9.52 Å². The fraction of sp³-hybridized carbons (Fsp3) is 0.286. The van der Waals surface area contributed by atoms with Gasteiger partial charge in [-0.15, -0.1) is 0 Å². The molecule has 0 aliphatic heterocycles. The molecular weight excluding hydrogens is 278 g/mol.